The number of carbonyl (C=O) groups excluding carboxylic acids is 1. The van der Waals surface area contributed by atoms with Crippen LogP contribution in [0.4, 0.5) is 10.9 Å². The number of aromatic nitrogens is 1. The average Bonchev–Trinajstić information content (AvgIpc) is 2.88. The van der Waals surface area contributed by atoms with E-state index in [0.717, 1.165) is 23.8 Å². The number of nitrogens with one attached hydrogen (secondary N) is 1. The molecule has 1 aromatic rings. The number of carbonyl (C=O) groups is 1. The van der Waals surface area contributed by atoms with Gasteiger partial charge in [0.15, 0.2) is 5.13 Å². The number of nitrogens with zero attached hydrogens (tertiary/aromatic N) is 2. The first-order chi connectivity index (χ1) is 10.1. The van der Waals surface area contributed by atoms with Crippen LogP contribution in [-0.2, 0) is 0 Å². The number of nitrogens with two attached hydrogens (primary N) is 1. The minimum absolute atomic E-state index is 0.0997. The second-order valence-electron chi connectivity index (χ2n) is 4.91. The van der Waals surface area contributed by atoms with E-state index < -0.39 is 0 Å². The molecule has 1 saturated heterocycles. The van der Waals surface area contributed by atoms with Crippen LogP contribution < -0.4 is 16.0 Å². The monoisotopic (exact) mass is 346 g/mol. The third-order valence-electron chi connectivity index (χ3n) is 3.11. The number of thioether (sulfide) groups is 2. The summed E-state index contributed by atoms with van der Waals surface area (Å²) in [5.41, 5.74) is 5.89. The summed E-state index contributed by atoms with van der Waals surface area (Å²) in [5.74, 6) is 3.72. The van der Waals surface area contributed by atoms with E-state index in [2.05, 4.69) is 17.2 Å². The molecule has 21 heavy (non-hydrogen) atoms. The Morgan fingerprint density at radius 2 is 2.33 bits per heavy atom. The number of hydrogen-bond acceptors (Lipinski definition) is 7. The van der Waals surface area contributed by atoms with Crippen LogP contribution in [0.25, 0.3) is 0 Å². The van der Waals surface area contributed by atoms with E-state index in [1.807, 2.05) is 35.5 Å². The molecule has 1 fully saturated rings. The number of hydrogen-bond donors (Lipinski definition) is 2. The summed E-state index contributed by atoms with van der Waals surface area (Å²) in [7, 11) is 1.97. The Hall–Kier alpha value is -0.600. The zero-order chi connectivity index (χ0) is 15.2. The minimum atomic E-state index is -0.0997. The summed E-state index contributed by atoms with van der Waals surface area (Å²) < 4.78 is 0. The third-order valence-corrected chi connectivity index (χ3v) is 7.14. The topological polar surface area (TPSA) is 71.2 Å². The SMILES string of the molecule is CCCN(C)c1nc(N)c(C(=O)NCC2CSCCS2)s1. The fraction of sp³-hybridized carbons (Fsp3) is 0.692. The minimum Gasteiger partial charge on any atom is -0.382 e. The average molecular weight is 347 g/mol. The van der Waals surface area contributed by atoms with Crippen LogP contribution in [-0.4, -0.2) is 53.5 Å². The molecule has 3 N–H and O–H groups in total. The van der Waals surface area contributed by atoms with Crippen LogP contribution in [0.1, 0.15) is 23.0 Å². The first-order valence-electron chi connectivity index (χ1n) is 7.06. The molecule has 0 bridgehead atoms. The predicted octanol–water partition coefficient (Wildman–Crippen LogP) is 2.15. The molecule has 0 spiro atoms. The van der Waals surface area contributed by atoms with Gasteiger partial charge in [-0.25, -0.2) is 4.98 Å². The van der Waals surface area contributed by atoms with Crippen LogP contribution in [0.3, 0.4) is 0 Å². The highest BCUT2D eigenvalue weighted by molar-refractivity contribution is 8.06. The van der Waals surface area contributed by atoms with Gasteiger partial charge in [-0.2, -0.15) is 23.5 Å². The normalized spacial score (nSPS) is 18.5. The van der Waals surface area contributed by atoms with Gasteiger partial charge in [0.25, 0.3) is 5.91 Å². The van der Waals surface area contributed by atoms with Crippen molar-refractivity contribution in [2.75, 3.05) is 48.0 Å². The molecular formula is C13H22N4OS3. The first kappa shape index (κ1) is 16.8. The largest absolute Gasteiger partial charge is 0.382 e. The highest BCUT2D eigenvalue weighted by Crippen LogP contribution is 2.28. The first-order valence-corrected chi connectivity index (χ1v) is 10.1. The van der Waals surface area contributed by atoms with Crippen LogP contribution in [0.15, 0.2) is 0 Å². The lowest BCUT2D eigenvalue weighted by Gasteiger charge is -2.20. The van der Waals surface area contributed by atoms with Crippen molar-refractivity contribution in [1.29, 1.82) is 0 Å². The predicted molar refractivity (Wildman–Crippen MR) is 96.0 cm³/mol. The lowest BCUT2D eigenvalue weighted by atomic mass is 10.4. The Morgan fingerprint density at radius 1 is 1.52 bits per heavy atom. The van der Waals surface area contributed by atoms with Gasteiger partial charge in [0.2, 0.25) is 0 Å². The van der Waals surface area contributed by atoms with E-state index in [1.165, 1.54) is 22.8 Å². The molecule has 8 heteroatoms. The van der Waals surface area contributed by atoms with E-state index in [0.29, 0.717) is 22.5 Å². The van der Waals surface area contributed by atoms with Gasteiger partial charge < -0.3 is 16.0 Å². The highest BCUT2D eigenvalue weighted by Gasteiger charge is 2.20. The fourth-order valence-corrected chi connectivity index (χ4v) is 5.52. The van der Waals surface area contributed by atoms with Crippen molar-refractivity contribution in [3.05, 3.63) is 4.88 Å². The summed E-state index contributed by atoms with van der Waals surface area (Å²) in [4.78, 5) is 19.1. The molecule has 1 atom stereocenters. The third kappa shape index (κ3) is 4.69. The van der Waals surface area contributed by atoms with E-state index >= 15 is 0 Å². The molecule has 1 aliphatic heterocycles. The molecule has 0 aliphatic carbocycles. The molecule has 0 radical (unpaired) electrons. The standard InChI is InChI=1S/C13H22N4OS3/c1-3-4-17(2)13-16-11(14)10(21-13)12(18)15-7-9-8-19-5-6-20-9/h9H,3-8,14H2,1-2H3,(H,15,18). The Morgan fingerprint density at radius 3 is 3.00 bits per heavy atom. The number of nitrogen functional groups attached to an aromatic ring is 1. The molecule has 0 saturated carbocycles. The van der Waals surface area contributed by atoms with Gasteiger partial charge in [-0.1, -0.05) is 18.3 Å². The van der Waals surface area contributed by atoms with Gasteiger partial charge in [-0.05, 0) is 6.42 Å². The van der Waals surface area contributed by atoms with Gasteiger partial charge in [0.1, 0.15) is 10.7 Å². The summed E-state index contributed by atoms with van der Waals surface area (Å²) >= 11 is 5.26. The molecular weight excluding hydrogens is 324 g/mol. The second kappa shape index (κ2) is 8.14. The van der Waals surface area contributed by atoms with Gasteiger partial charge in [-0.15, -0.1) is 0 Å². The smallest absolute Gasteiger partial charge is 0.265 e. The molecule has 1 unspecified atom stereocenters. The summed E-state index contributed by atoms with van der Waals surface area (Å²) in [6.07, 6.45) is 1.04. The van der Waals surface area contributed by atoms with Crippen LogP contribution in [0.2, 0.25) is 0 Å². The van der Waals surface area contributed by atoms with Gasteiger partial charge in [0, 0.05) is 42.6 Å². The zero-order valence-corrected chi connectivity index (χ0v) is 14.9. The van der Waals surface area contributed by atoms with E-state index in [4.69, 9.17) is 5.73 Å². The molecule has 118 valence electrons. The van der Waals surface area contributed by atoms with E-state index in [1.54, 1.807) is 0 Å². The fourth-order valence-electron chi connectivity index (χ4n) is 2.02. The van der Waals surface area contributed by atoms with Crippen molar-refractivity contribution in [3.63, 3.8) is 0 Å². The van der Waals surface area contributed by atoms with Gasteiger partial charge in [-0.3, -0.25) is 4.79 Å². The number of rotatable bonds is 6. The number of amides is 1. The Balaban J connectivity index is 1.92. The van der Waals surface area contributed by atoms with Crippen molar-refractivity contribution in [3.8, 4) is 0 Å². The Kier molecular flexibility index (Phi) is 6.50. The van der Waals surface area contributed by atoms with Crippen molar-refractivity contribution in [2.24, 2.45) is 0 Å². The lowest BCUT2D eigenvalue weighted by Crippen LogP contribution is -2.33. The van der Waals surface area contributed by atoms with E-state index in [-0.39, 0.29) is 5.91 Å². The molecule has 2 heterocycles. The van der Waals surface area contributed by atoms with Gasteiger partial charge in [0.05, 0.1) is 0 Å². The van der Waals surface area contributed by atoms with Crippen LogP contribution in [0.5, 0.6) is 0 Å². The summed E-state index contributed by atoms with van der Waals surface area (Å²) in [6.45, 7) is 3.72. The van der Waals surface area contributed by atoms with Crippen molar-refractivity contribution in [2.45, 2.75) is 18.6 Å². The molecule has 0 aromatic carbocycles. The molecule has 5 nitrogen and oxygen atoms in total. The number of thiazole rings is 1. The maximum atomic E-state index is 12.2. The van der Waals surface area contributed by atoms with Gasteiger partial charge >= 0.3 is 0 Å². The lowest BCUT2D eigenvalue weighted by molar-refractivity contribution is 0.0959. The molecule has 1 aromatic heterocycles. The highest BCUT2D eigenvalue weighted by atomic mass is 32.2. The van der Waals surface area contributed by atoms with Crippen molar-refractivity contribution in [1.82, 2.24) is 10.3 Å². The van der Waals surface area contributed by atoms with Crippen molar-refractivity contribution >= 4 is 51.7 Å². The van der Waals surface area contributed by atoms with E-state index in [9.17, 15) is 4.79 Å². The van der Waals surface area contributed by atoms with Crippen molar-refractivity contribution < 1.29 is 4.79 Å². The Bertz CT molecular complexity index is 474. The molecule has 2 rings (SSSR count). The molecule has 1 aliphatic rings. The Labute approximate surface area is 138 Å². The maximum Gasteiger partial charge on any atom is 0.265 e. The van der Waals surface area contributed by atoms with Crippen LogP contribution >= 0.6 is 34.9 Å². The zero-order valence-electron chi connectivity index (χ0n) is 12.4. The molecule has 1 amide bonds. The summed E-state index contributed by atoms with van der Waals surface area (Å²) in [5, 5.41) is 4.30. The quantitative estimate of drug-likeness (QED) is 0.822. The number of anilines is 2. The maximum absolute atomic E-state index is 12.2. The second-order valence-corrected chi connectivity index (χ2v) is 8.45. The van der Waals surface area contributed by atoms with Crippen LogP contribution in [0, 0.1) is 0 Å². The summed E-state index contributed by atoms with van der Waals surface area (Å²) in [6, 6.07) is 0.